The molecule has 0 aliphatic rings. The molecule has 0 unspecified atom stereocenters. The van der Waals surface area contributed by atoms with Gasteiger partial charge >= 0.3 is 6.18 Å². The summed E-state index contributed by atoms with van der Waals surface area (Å²) >= 11 is 1.24. The molecular weight excluding hydrogens is 308 g/mol. The molecule has 2 aromatic rings. The van der Waals surface area contributed by atoms with Crippen LogP contribution in [-0.2, 0) is 6.18 Å². The molecule has 21 heavy (non-hydrogen) atoms. The number of rotatable bonds is 3. The average Bonchev–Trinajstić information content (AvgIpc) is 2.39. The topological polar surface area (TPSA) is 63.8 Å². The van der Waals surface area contributed by atoms with E-state index in [0.717, 1.165) is 6.07 Å². The summed E-state index contributed by atoms with van der Waals surface area (Å²) in [5.74, 6) is -0.929. The second-order valence-corrected chi connectivity index (χ2v) is 4.76. The minimum atomic E-state index is -4.77. The van der Waals surface area contributed by atoms with Gasteiger partial charge in [-0.3, -0.25) is 0 Å². The maximum atomic E-state index is 13.2. The van der Waals surface area contributed by atoms with Gasteiger partial charge in [-0.25, -0.2) is 14.4 Å². The number of nitrogens with one attached hydrogen (secondary N) is 1. The fourth-order valence-electron chi connectivity index (χ4n) is 1.57. The number of nitrogen functional groups attached to an aromatic ring is 1. The van der Waals surface area contributed by atoms with E-state index < -0.39 is 17.6 Å². The third kappa shape index (κ3) is 3.75. The molecule has 0 radical (unpaired) electrons. The number of thioether (sulfide) groups is 1. The highest BCUT2D eigenvalue weighted by Gasteiger charge is 2.34. The van der Waals surface area contributed by atoms with Crippen LogP contribution in [0.1, 0.15) is 5.56 Å². The molecule has 0 aliphatic carbocycles. The molecule has 2 rings (SSSR count). The largest absolute Gasteiger partial charge is 0.419 e. The lowest BCUT2D eigenvalue weighted by Crippen LogP contribution is -2.09. The summed E-state index contributed by atoms with van der Waals surface area (Å²) in [7, 11) is 0. The Bertz CT molecular complexity index is 660. The minimum absolute atomic E-state index is 0.0499. The van der Waals surface area contributed by atoms with Crippen LogP contribution in [0.4, 0.5) is 34.9 Å². The Hall–Kier alpha value is -2.03. The van der Waals surface area contributed by atoms with Crippen molar-refractivity contribution >= 4 is 29.1 Å². The Morgan fingerprint density at radius 1 is 1.19 bits per heavy atom. The summed E-state index contributed by atoms with van der Waals surface area (Å²) in [5.41, 5.74) is 4.27. The summed E-state index contributed by atoms with van der Waals surface area (Å²) < 4.78 is 51.1. The van der Waals surface area contributed by atoms with Crippen LogP contribution in [0.15, 0.2) is 29.4 Å². The van der Waals surface area contributed by atoms with Crippen LogP contribution >= 0.6 is 11.8 Å². The predicted octanol–water partition coefficient (Wildman–Crippen LogP) is 3.68. The van der Waals surface area contributed by atoms with E-state index in [1.54, 1.807) is 6.26 Å². The Morgan fingerprint density at radius 3 is 2.52 bits per heavy atom. The molecule has 1 heterocycles. The smallest absolute Gasteiger partial charge is 0.383 e. The molecule has 0 fully saturated rings. The van der Waals surface area contributed by atoms with Crippen LogP contribution in [0.3, 0.4) is 0 Å². The van der Waals surface area contributed by atoms with Crippen molar-refractivity contribution in [1.82, 2.24) is 9.97 Å². The second-order valence-electron chi connectivity index (χ2n) is 3.98. The van der Waals surface area contributed by atoms with Gasteiger partial charge in [0.25, 0.3) is 0 Å². The van der Waals surface area contributed by atoms with E-state index in [-0.39, 0.29) is 17.3 Å². The van der Waals surface area contributed by atoms with Gasteiger partial charge in [0, 0.05) is 11.8 Å². The molecule has 3 N–H and O–H groups in total. The van der Waals surface area contributed by atoms with Crippen molar-refractivity contribution in [2.24, 2.45) is 0 Å². The van der Waals surface area contributed by atoms with E-state index >= 15 is 0 Å². The molecule has 0 saturated heterocycles. The normalized spacial score (nSPS) is 11.5. The molecule has 0 atom stereocenters. The molecule has 0 spiro atoms. The monoisotopic (exact) mass is 318 g/mol. The van der Waals surface area contributed by atoms with Crippen molar-refractivity contribution in [3.05, 3.63) is 35.6 Å². The Kier molecular flexibility index (Phi) is 4.21. The van der Waals surface area contributed by atoms with Crippen molar-refractivity contribution < 1.29 is 17.6 Å². The summed E-state index contributed by atoms with van der Waals surface area (Å²) in [4.78, 5) is 7.96. The first-order valence-corrected chi connectivity index (χ1v) is 6.84. The number of hydrogen-bond acceptors (Lipinski definition) is 5. The lowest BCUT2D eigenvalue weighted by atomic mass is 10.2. The van der Waals surface area contributed by atoms with Gasteiger partial charge in [-0.1, -0.05) is 11.8 Å². The van der Waals surface area contributed by atoms with Crippen LogP contribution in [-0.4, -0.2) is 16.2 Å². The van der Waals surface area contributed by atoms with Gasteiger partial charge in [0.05, 0.1) is 5.56 Å². The number of hydrogen-bond donors (Lipinski definition) is 2. The fraction of sp³-hybridized carbons (Fsp3) is 0.167. The van der Waals surface area contributed by atoms with Gasteiger partial charge in [-0.15, -0.1) is 0 Å². The first kappa shape index (κ1) is 15.4. The summed E-state index contributed by atoms with van der Waals surface area (Å²) in [6, 6.07) is 3.97. The fourth-order valence-corrected chi connectivity index (χ4v) is 1.95. The van der Waals surface area contributed by atoms with E-state index in [0.29, 0.717) is 11.2 Å². The summed E-state index contributed by atoms with van der Waals surface area (Å²) in [5, 5.41) is 3.02. The highest BCUT2D eigenvalue weighted by molar-refractivity contribution is 7.98. The van der Waals surface area contributed by atoms with Gasteiger partial charge in [0.1, 0.15) is 17.5 Å². The van der Waals surface area contributed by atoms with E-state index in [9.17, 15) is 17.6 Å². The standard InChI is InChI=1S/C12H10F4N4S/c1-21-11-19-9(17)5-10(20-11)18-6-2-3-8(13)7(4-6)12(14,15)16/h2-5H,1H3,(H3,17,18,19,20). The van der Waals surface area contributed by atoms with E-state index in [1.165, 1.54) is 23.9 Å². The molecule has 4 nitrogen and oxygen atoms in total. The zero-order valence-electron chi connectivity index (χ0n) is 10.7. The third-order valence-electron chi connectivity index (χ3n) is 2.45. The molecule has 9 heteroatoms. The Morgan fingerprint density at radius 2 is 1.90 bits per heavy atom. The van der Waals surface area contributed by atoms with Crippen molar-refractivity contribution in [3.8, 4) is 0 Å². The van der Waals surface area contributed by atoms with Gasteiger partial charge in [0.2, 0.25) is 0 Å². The van der Waals surface area contributed by atoms with E-state index in [2.05, 4.69) is 15.3 Å². The van der Waals surface area contributed by atoms with Crippen molar-refractivity contribution in [2.75, 3.05) is 17.3 Å². The molecule has 0 bridgehead atoms. The quantitative estimate of drug-likeness (QED) is 0.513. The molecular formula is C12H10F4N4S. The first-order valence-electron chi connectivity index (χ1n) is 5.62. The zero-order valence-corrected chi connectivity index (χ0v) is 11.5. The number of halogens is 4. The molecule has 0 saturated carbocycles. The maximum absolute atomic E-state index is 13.2. The number of aromatic nitrogens is 2. The Balaban J connectivity index is 2.34. The first-order chi connectivity index (χ1) is 9.79. The summed E-state index contributed by atoms with van der Waals surface area (Å²) in [6.07, 6.45) is -3.03. The predicted molar refractivity (Wildman–Crippen MR) is 72.9 cm³/mol. The van der Waals surface area contributed by atoms with Crippen LogP contribution in [0.25, 0.3) is 0 Å². The van der Waals surface area contributed by atoms with Gasteiger partial charge in [0.15, 0.2) is 5.16 Å². The molecule has 0 amide bonds. The van der Waals surface area contributed by atoms with Gasteiger partial charge < -0.3 is 11.1 Å². The van der Waals surface area contributed by atoms with Crippen LogP contribution in [0, 0.1) is 5.82 Å². The van der Waals surface area contributed by atoms with Crippen LogP contribution in [0.2, 0.25) is 0 Å². The van der Waals surface area contributed by atoms with Crippen molar-refractivity contribution in [3.63, 3.8) is 0 Å². The minimum Gasteiger partial charge on any atom is -0.383 e. The highest BCUT2D eigenvalue weighted by Crippen LogP contribution is 2.33. The zero-order chi connectivity index (χ0) is 15.6. The number of nitrogens with two attached hydrogens (primary N) is 1. The van der Waals surface area contributed by atoms with Crippen molar-refractivity contribution in [1.29, 1.82) is 0 Å². The Labute approximate surface area is 121 Å². The lowest BCUT2D eigenvalue weighted by Gasteiger charge is -2.12. The highest BCUT2D eigenvalue weighted by atomic mass is 32.2. The van der Waals surface area contributed by atoms with Crippen molar-refractivity contribution in [2.45, 2.75) is 11.3 Å². The van der Waals surface area contributed by atoms with Crippen LogP contribution < -0.4 is 11.1 Å². The molecule has 1 aromatic heterocycles. The van der Waals surface area contributed by atoms with E-state index in [1.807, 2.05) is 0 Å². The third-order valence-corrected chi connectivity index (χ3v) is 3.00. The number of nitrogens with zero attached hydrogens (tertiary/aromatic N) is 2. The van der Waals surface area contributed by atoms with Gasteiger partial charge in [-0.2, -0.15) is 13.2 Å². The number of anilines is 3. The van der Waals surface area contributed by atoms with E-state index in [4.69, 9.17) is 5.73 Å². The lowest BCUT2D eigenvalue weighted by molar-refractivity contribution is -0.139. The number of benzene rings is 1. The van der Waals surface area contributed by atoms with Crippen LogP contribution in [0.5, 0.6) is 0 Å². The molecule has 112 valence electrons. The average molecular weight is 318 g/mol. The molecule has 0 aliphatic heterocycles. The summed E-state index contributed by atoms with van der Waals surface area (Å²) in [6.45, 7) is 0. The second kappa shape index (κ2) is 5.76. The van der Waals surface area contributed by atoms with Gasteiger partial charge in [-0.05, 0) is 24.5 Å². The SMILES string of the molecule is CSc1nc(N)cc(Nc2ccc(F)c(C(F)(F)F)c2)n1. The maximum Gasteiger partial charge on any atom is 0.419 e. The number of alkyl halides is 3. The molecule has 1 aromatic carbocycles.